The highest BCUT2D eigenvalue weighted by molar-refractivity contribution is 7.31. The van der Waals surface area contributed by atoms with Crippen molar-refractivity contribution in [3.63, 3.8) is 0 Å². The quantitative estimate of drug-likeness (QED) is 0.0333. The van der Waals surface area contributed by atoms with Gasteiger partial charge in [0.05, 0.1) is 0 Å². The van der Waals surface area contributed by atoms with Crippen LogP contribution in [0.25, 0.3) is 59.2 Å². The molecule has 0 fully saturated rings. The van der Waals surface area contributed by atoms with Crippen molar-refractivity contribution < 1.29 is 0 Å². The zero-order valence-electron chi connectivity index (χ0n) is 61.3. The molecule has 8 aromatic rings. The first kappa shape index (κ1) is 77.4. The van der Waals surface area contributed by atoms with Crippen LogP contribution in [0.15, 0.2) is 97.1 Å². The summed E-state index contributed by atoms with van der Waals surface area (Å²) < 4.78 is 0. The van der Waals surface area contributed by atoms with E-state index in [-0.39, 0.29) is 5.41 Å². The van der Waals surface area contributed by atoms with Crippen molar-refractivity contribution in [3.05, 3.63) is 141 Å². The van der Waals surface area contributed by atoms with Crippen LogP contribution in [0.3, 0.4) is 0 Å². The van der Waals surface area contributed by atoms with E-state index in [1.165, 1.54) is 346 Å². The predicted molar refractivity (Wildman–Crippen MR) is 437 cm³/mol. The van der Waals surface area contributed by atoms with E-state index in [9.17, 15) is 0 Å². The number of thiophene rings is 6. The Hall–Kier alpha value is -3.36. The van der Waals surface area contributed by atoms with Gasteiger partial charge in [0.15, 0.2) is 0 Å². The van der Waals surface area contributed by atoms with Gasteiger partial charge in [0, 0.05) is 63.9 Å². The van der Waals surface area contributed by atoms with E-state index in [2.05, 4.69) is 220 Å². The Morgan fingerprint density at radius 3 is 0.853 bits per heavy atom. The van der Waals surface area contributed by atoms with Crippen LogP contribution < -0.4 is 0 Å². The van der Waals surface area contributed by atoms with Gasteiger partial charge in [-0.2, -0.15) is 0 Å². The number of rotatable bonds is 52. The van der Waals surface area contributed by atoms with Crippen LogP contribution in [0.2, 0.25) is 0 Å². The van der Waals surface area contributed by atoms with Crippen LogP contribution in [0.5, 0.6) is 0 Å². The summed E-state index contributed by atoms with van der Waals surface area (Å²) in [5, 5.41) is 0. The first-order chi connectivity index (χ1) is 46.6. The minimum atomic E-state index is -0.0670. The Balaban J connectivity index is 1.04. The highest BCUT2D eigenvalue weighted by atomic mass is 32.1. The molecular formula is C89H128S6. The molecule has 0 aliphatic rings. The number of hydrogen-bond acceptors (Lipinski definition) is 6. The largest absolute Gasteiger partial charge is 0.139 e. The van der Waals surface area contributed by atoms with Gasteiger partial charge in [-0.25, -0.2) is 0 Å². The smallest absolute Gasteiger partial charge is 0.0481 e. The molecule has 0 unspecified atom stereocenters. The lowest BCUT2D eigenvalue weighted by Crippen LogP contribution is -2.18. The van der Waals surface area contributed by atoms with E-state index >= 15 is 0 Å². The second-order valence-electron chi connectivity index (χ2n) is 29.2. The minimum Gasteiger partial charge on any atom is -0.139 e. The molecule has 0 aliphatic carbocycles. The summed E-state index contributed by atoms with van der Waals surface area (Å²) in [5.74, 6) is 0. The van der Waals surface area contributed by atoms with E-state index in [4.69, 9.17) is 0 Å². The normalized spacial score (nSPS) is 12.0. The molecule has 0 atom stereocenters. The summed E-state index contributed by atoms with van der Waals surface area (Å²) >= 11 is 12.4. The fourth-order valence-corrected chi connectivity index (χ4v) is 21.7. The molecule has 0 amide bonds. The van der Waals surface area contributed by atoms with E-state index in [1.54, 1.807) is 27.1 Å². The molecule has 0 saturated carbocycles. The SMILES string of the molecule is CCCCCCCCCCCCc1cc(C)sc1-c1cc(CCCCCCCCCCCC)c(-c2ccc(-c3ccc(-c4sc(-c5sc(-c6ccc(C(C)(C)c7ccc(C)cc7)cc6)cc5CCCCCCCCCCCC)cc4CCCCCCCCCCCC)s3)s2)s1. The zero-order valence-corrected chi connectivity index (χ0v) is 66.2. The van der Waals surface area contributed by atoms with Crippen LogP contribution in [-0.2, 0) is 31.1 Å². The molecule has 0 radical (unpaired) electrons. The van der Waals surface area contributed by atoms with Crippen molar-refractivity contribution >= 4 is 68.0 Å². The third-order valence-corrected chi connectivity index (χ3v) is 28.3. The molecule has 2 aromatic carbocycles. The van der Waals surface area contributed by atoms with Crippen molar-refractivity contribution in [1.82, 2.24) is 0 Å². The summed E-state index contributed by atoms with van der Waals surface area (Å²) in [6, 6.07) is 39.2. The topological polar surface area (TPSA) is 0 Å². The summed E-state index contributed by atoms with van der Waals surface area (Å²) in [6.07, 6.45) is 59.9. The summed E-state index contributed by atoms with van der Waals surface area (Å²) in [6.45, 7) is 18.6. The van der Waals surface area contributed by atoms with E-state index < -0.39 is 0 Å². The van der Waals surface area contributed by atoms with Gasteiger partial charge in [-0.3, -0.25) is 0 Å². The monoisotopic (exact) mass is 1390 g/mol. The molecule has 0 saturated heterocycles. The Morgan fingerprint density at radius 1 is 0.242 bits per heavy atom. The van der Waals surface area contributed by atoms with Crippen molar-refractivity contribution in [2.45, 2.75) is 343 Å². The summed E-state index contributed by atoms with van der Waals surface area (Å²) in [4.78, 5) is 17.8. The zero-order chi connectivity index (χ0) is 66.7. The maximum Gasteiger partial charge on any atom is 0.0481 e. The lowest BCUT2D eigenvalue weighted by molar-refractivity contribution is 0.556. The first-order valence-electron chi connectivity index (χ1n) is 39.5. The van der Waals surface area contributed by atoms with Crippen molar-refractivity contribution in [3.8, 4) is 59.2 Å². The molecule has 520 valence electrons. The van der Waals surface area contributed by atoms with Crippen LogP contribution in [0.4, 0.5) is 0 Å². The maximum absolute atomic E-state index is 2.67. The van der Waals surface area contributed by atoms with Gasteiger partial charge >= 0.3 is 0 Å². The van der Waals surface area contributed by atoms with Gasteiger partial charge in [-0.15, -0.1) is 68.0 Å². The molecule has 6 aromatic heterocycles. The first-order valence-corrected chi connectivity index (χ1v) is 44.4. The maximum atomic E-state index is 2.67. The fraction of sp³-hybridized carbons (Fsp3) is 0.596. The van der Waals surface area contributed by atoms with Gasteiger partial charge in [0.1, 0.15) is 0 Å². The molecule has 0 bridgehead atoms. The Morgan fingerprint density at radius 2 is 0.505 bits per heavy atom. The second-order valence-corrected chi connectivity index (χ2v) is 35.8. The van der Waals surface area contributed by atoms with Gasteiger partial charge in [-0.05, 0) is 153 Å². The van der Waals surface area contributed by atoms with E-state index in [0.29, 0.717) is 0 Å². The molecule has 0 aliphatic heterocycles. The average Bonchev–Trinajstić information content (AvgIpc) is 1.70. The average molecular weight is 1390 g/mol. The van der Waals surface area contributed by atoms with Crippen molar-refractivity contribution in [1.29, 1.82) is 0 Å². The Labute approximate surface area is 606 Å². The molecule has 8 rings (SSSR count). The Bertz CT molecular complexity index is 3300. The lowest BCUT2D eigenvalue weighted by Gasteiger charge is -2.26. The number of aryl methyl sites for hydroxylation is 6. The highest BCUT2D eigenvalue weighted by Gasteiger charge is 2.25. The lowest BCUT2D eigenvalue weighted by atomic mass is 9.78. The molecule has 0 nitrogen and oxygen atoms in total. The van der Waals surface area contributed by atoms with Gasteiger partial charge in [-0.1, -0.05) is 327 Å². The van der Waals surface area contributed by atoms with Crippen molar-refractivity contribution in [2.24, 2.45) is 0 Å². The second kappa shape index (κ2) is 44.0. The van der Waals surface area contributed by atoms with Gasteiger partial charge < -0.3 is 0 Å². The molecule has 95 heavy (non-hydrogen) atoms. The number of hydrogen-bond donors (Lipinski definition) is 0. The standard InChI is InChI=1S/C89H128S6/c1-9-13-17-21-25-29-33-37-41-45-49-72-65-70(6)90-87(72)83-67-74(51-47-43-39-35-31-27-23-19-15-11-3)85(94-83)80-63-61-78(91-80)79-62-64-81(92-79)86-75(52-48-44-40-36-32-28-24-20-16-12-4)68-84(95-86)88-73(50-46-42-38-34-30-26-22-18-14-10-2)66-82(93-88)71-55-59-77(60-56-71)89(7,8)76-57-53-69(5)54-58-76/h53-68H,9-52H2,1-8H3. The van der Waals surface area contributed by atoms with Gasteiger partial charge in [0.25, 0.3) is 0 Å². The number of benzene rings is 2. The number of unbranched alkanes of at least 4 members (excludes halogenated alkanes) is 36. The minimum absolute atomic E-state index is 0.0670. The van der Waals surface area contributed by atoms with Crippen LogP contribution in [0, 0.1) is 13.8 Å². The third kappa shape index (κ3) is 25.6. The summed E-state index contributed by atoms with van der Waals surface area (Å²) in [5.41, 5.74) is 11.7. The van der Waals surface area contributed by atoms with E-state index in [1.807, 2.05) is 0 Å². The van der Waals surface area contributed by atoms with Gasteiger partial charge in [0.2, 0.25) is 0 Å². The molecular weight excluding hydrogens is 1260 g/mol. The Kier molecular flexibility index (Phi) is 35.8. The third-order valence-electron chi connectivity index (χ3n) is 20.6. The van der Waals surface area contributed by atoms with Crippen LogP contribution >= 0.6 is 68.0 Å². The summed E-state index contributed by atoms with van der Waals surface area (Å²) in [7, 11) is 0. The van der Waals surface area contributed by atoms with E-state index in [0.717, 1.165) is 12.8 Å². The molecule has 6 heterocycles. The van der Waals surface area contributed by atoms with Crippen LogP contribution in [0.1, 0.15) is 342 Å². The van der Waals surface area contributed by atoms with Crippen LogP contribution in [-0.4, -0.2) is 0 Å². The molecule has 6 heteroatoms. The fourth-order valence-electron chi connectivity index (χ4n) is 14.4. The predicted octanol–water partition coefficient (Wildman–Crippen LogP) is 32.9. The highest BCUT2D eigenvalue weighted by Crippen LogP contribution is 2.51. The molecule has 0 N–H and O–H groups in total. The van der Waals surface area contributed by atoms with Crippen molar-refractivity contribution in [2.75, 3.05) is 0 Å². The molecule has 0 spiro atoms.